The molecule has 0 radical (unpaired) electrons. The van der Waals surface area contributed by atoms with Crippen LogP contribution in [0.1, 0.15) is 61.8 Å². The molecule has 7 heterocycles. The van der Waals surface area contributed by atoms with E-state index in [0.717, 1.165) is 22.3 Å². The number of phenolic OH excluding ortho intramolecular Hbond substituents is 3. The number of hydrogen-bond acceptors (Lipinski definition) is 14. The number of aryl methyl sites for hydroxylation is 1. The summed E-state index contributed by atoms with van der Waals surface area (Å²) in [7, 11) is 5.01. The lowest BCUT2D eigenvalue weighted by atomic mass is 9.71. The smallest absolute Gasteiger partial charge is 0.331 e. The fourth-order valence-electron chi connectivity index (χ4n) is 9.92. The number of esters is 1. The predicted octanol–water partition coefficient (Wildman–Crippen LogP) is 3.77. The van der Waals surface area contributed by atoms with Crippen LogP contribution in [0.3, 0.4) is 0 Å². The number of hydrogen-bond donors (Lipinski definition) is 4. The Morgan fingerprint density at radius 1 is 1.02 bits per heavy atom. The highest BCUT2D eigenvalue weighted by Crippen LogP contribution is 2.64. The zero-order chi connectivity index (χ0) is 36.4. The molecule has 3 aromatic rings. The molecule has 7 atom stereocenters. The van der Waals surface area contributed by atoms with Crippen LogP contribution in [-0.2, 0) is 27.9 Å². The number of aromatic hydroxyl groups is 3. The number of piperazine rings is 1. The number of likely N-dealkylation sites (N-methyl/N-ethyl adjacent to an activating group) is 1. The third-order valence-electron chi connectivity index (χ3n) is 12.2. The van der Waals surface area contributed by atoms with Gasteiger partial charge in [0.2, 0.25) is 6.79 Å². The quantitative estimate of drug-likeness (QED) is 0.282. The Kier molecular flexibility index (Phi) is 7.51. The molecule has 14 heteroatoms. The average molecular weight is 729 g/mol. The van der Waals surface area contributed by atoms with Crippen LogP contribution in [-0.4, -0.2) is 96.2 Å². The van der Waals surface area contributed by atoms with E-state index in [4.69, 9.17) is 23.7 Å². The molecule has 2 saturated heterocycles. The fraction of sp³-hybridized carbons (Fsp3) is 0.474. The van der Waals surface area contributed by atoms with E-state index in [-0.39, 0.29) is 48.2 Å². The minimum Gasteiger partial charge on any atom is -0.507 e. The van der Waals surface area contributed by atoms with Gasteiger partial charge in [-0.1, -0.05) is 6.07 Å². The van der Waals surface area contributed by atoms with Gasteiger partial charge in [0.15, 0.2) is 40.0 Å². The summed E-state index contributed by atoms with van der Waals surface area (Å²) in [6.07, 6.45) is 1.09. The predicted molar refractivity (Wildman–Crippen MR) is 188 cm³/mol. The van der Waals surface area contributed by atoms with E-state index < -0.39 is 40.9 Å². The summed E-state index contributed by atoms with van der Waals surface area (Å²) in [5.41, 5.74) is 4.43. The molecule has 13 nitrogen and oxygen atoms in total. The van der Waals surface area contributed by atoms with Gasteiger partial charge in [-0.15, -0.1) is 11.8 Å². The minimum atomic E-state index is -1.33. The summed E-state index contributed by atoms with van der Waals surface area (Å²) in [6, 6.07) is 5.46. The molecule has 0 amide bonds. The third kappa shape index (κ3) is 4.24. The van der Waals surface area contributed by atoms with E-state index in [1.54, 1.807) is 26.2 Å². The van der Waals surface area contributed by atoms with E-state index in [0.29, 0.717) is 58.9 Å². The van der Waals surface area contributed by atoms with Crippen molar-refractivity contribution in [2.24, 2.45) is 0 Å². The summed E-state index contributed by atoms with van der Waals surface area (Å²) in [6.45, 7) is 3.98. The number of nitriles is 1. The molecule has 7 aliphatic rings. The van der Waals surface area contributed by atoms with Crippen molar-refractivity contribution in [2.75, 3.05) is 47.0 Å². The van der Waals surface area contributed by atoms with Crippen LogP contribution in [0.4, 0.5) is 0 Å². The number of methoxy groups -OCH3 is 2. The Morgan fingerprint density at radius 2 is 1.81 bits per heavy atom. The Hall–Kier alpha value is -4.55. The van der Waals surface area contributed by atoms with Crippen molar-refractivity contribution in [3.8, 4) is 46.3 Å². The molecule has 3 aromatic carbocycles. The Bertz CT molecular complexity index is 2100. The van der Waals surface area contributed by atoms with Crippen molar-refractivity contribution >= 4 is 17.7 Å². The second-order valence-electron chi connectivity index (χ2n) is 14.5. The third-order valence-corrected chi connectivity index (χ3v) is 13.7. The van der Waals surface area contributed by atoms with Crippen LogP contribution in [0.5, 0.6) is 40.2 Å². The summed E-state index contributed by atoms with van der Waals surface area (Å²) in [5, 5.41) is 48.8. The molecular formula is C38H40N4O9S. The van der Waals surface area contributed by atoms with Gasteiger partial charge >= 0.3 is 5.97 Å². The maximum atomic E-state index is 14.6. The van der Waals surface area contributed by atoms with E-state index in [9.17, 15) is 25.4 Å². The van der Waals surface area contributed by atoms with Crippen LogP contribution in [0.2, 0.25) is 0 Å². The number of carbonyl (C=O) groups excluding carboxylic acids is 1. The van der Waals surface area contributed by atoms with Crippen molar-refractivity contribution in [1.29, 1.82) is 5.26 Å². The molecule has 52 heavy (non-hydrogen) atoms. The zero-order valence-electron chi connectivity index (χ0n) is 29.5. The maximum absolute atomic E-state index is 14.6. The standard InChI is InChI=1S/C38H40N4O9S/c1-16-8-19-9-21-22(12-39)42-23-13-49-37(46)38(20-11-25(47-4)24(43)10-18(20)6-7-40-38)14-52-36(28-27(23)35-34(50-15-51-35)17(2)31(28)44)30(42)29(41(21)3)26(19)32(45)33(16)48-5/h8,10-11,21-23,29-30,36,40,43-45H,6-7,9,13-15H2,1-5H3/t21?,22-,23-,29?,30+,36+,38+/m0/s1. The number of nitrogens with zero attached hydrogens (tertiary/aromatic N) is 3. The van der Waals surface area contributed by atoms with Gasteiger partial charge in [-0.3, -0.25) is 15.1 Å². The van der Waals surface area contributed by atoms with Crippen molar-refractivity contribution < 1.29 is 43.8 Å². The molecule has 0 aromatic heterocycles. The molecule has 10 rings (SSSR count). The van der Waals surface area contributed by atoms with E-state index in [1.165, 1.54) is 18.9 Å². The summed E-state index contributed by atoms with van der Waals surface area (Å²) >= 11 is 1.48. The van der Waals surface area contributed by atoms with Crippen molar-refractivity contribution in [3.05, 3.63) is 62.7 Å². The Balaban J connectivity index is 1.31. The number of thioether (sulfide) groups is 1. The first-order valence-electron chi connectivity index (χ1n) is 17.4. The van der Waals surface area contributed by atoms with E-state index >= 15 is 0 Å². The van der Waals surface area contributed by atoms with Crippen LogP contribution < -0.4 is 24.3 Å². The molecule has 2 fully saturated rings. The Morgan fingerprint density at radius 3 is 2.56 bits per heavy atom. The molecule has 1 spiro atoms. The highest BCUT2D eigenvalue weighted by molar-refractivity contribution is 7.99. The molecule has 4 N–H and O–H groups in total. The van der Waals surface area contributed by atoms with Gasteiger partial charge in [-0.05, 0) is 68.1 Å². The number of carbonyl (C=O) groups is 1. The number of rotatable bonds is 2. The molecule has 2 unspecified atom stereocenters. The minimum absolute atomic E-state index is 0.0111. The second-order valence-corrected chi connectivity index (χ2v) is 15.6. The lowest BCUT2D eigenvalue weighted by Gasteiger charge is -2.62. The van der Waals surface area contributed by atoms with Gasteiger partial charge in [0.05, 0.1) is 37.6 Å². The molecule has 272 valence electrons. The van der Waals surface area contributed by atoms with Gasteiger partial charge < -0.3 is 39.0 Å². The first-order chi connectivity index (χ1) is 25.1. The molecule has 0 aliphatic carbocycles. The number of phenols is 3. The molecule has 4 bridgehead atoms. The maximum Gasteiger partial charge on any atom is 0.331 e. The van der Waals surface area contributed by atoms with E-state index in [1.807, 2.05) is 20.0 Å². The van der Waals surface area contributed by atoms with Gasteiger partial charge in [-0.2, -0.15) is 5.26 Å². The SMILES string of the molecule is COc1cc2c(cc1O)CCN[C@]21CS[C@@H]2c3c(O)c(C)c4c(c3[C@H](COC1=O)N1[C@@H]2C2c3c(cc(C)c(OC)c3O)CC([C@@H]1C#N)N2C)OCO4. The van der Waals surface area contributed by atoms with Crippen LogP contribution in [0.15, 0.2) is 18.2 Å². The number of ether oxygens (including phenoxy) is 5. The normalized spacial score (nSPS) is 30.0. The first-order valence-corrected chi connectivity index (χ1v) is 18.5. The monoisotopic (exact) mass is 728 g/mol. The zero-order valence-corrected chi connectivity index (χ0v) is 30.3. The van der Waals surface area contributed by atoms with Gasteiger partial charge in [-0.25, -0.2) is 4.79 Å². The number of nitrogens with one attached hydrogen (secondary N) is 1. The average Bonchev–Trinajstić information content (AvgIpc) is 3.62. The highest BCUT2D eigenvalue weighted by Gasteiger charge is 2.61. The second kappa shape index (κ2) is 11.7. The van der Waals surface area contributed by atoms with Crippen LogP contribution in [0.25, 0.3) is 0 Å². The Labute approximate surface area is 305 Å². The van der Waals surface area contributed by atoms with E-state index in [2.05, 4.69) is 21.2 Å². The fourth-order valence-corrected chi connectivity index (χ4v) is 11.6. The van der Waals surface area contributed by atoms with Crippen LogP contribution in [0, 0.1) is 25.2 Å². The van der Waals surface area contributed by atoms with Crippen molar-refractivity contribution in [3.63, 3.8) is 0 Å². The van der Waals surface area contributed by atoms with Gasteiger partial charge in [0.25, 0.3) is 0 Å². The number of benzene rings is 3. The van der Waals surface area contributed by atoms with Crippen molar-refractivity contribution in [2.45, 2.75) is 67.7 Å². The molecule has 0 saturated carbocycles. The lowest BCUT2D eigenvalue weighted by molar-refractivity contribution is -0.157. The van der Waals surface area contributed by atoms with Crippen molar-refractivity contribution in [1.82, 2.24) is 15.1 Å². The van der Waals surface area contributed by atoms with Crippen LogP contribution >= 0.6 is 11.8 Å². The summed E-state index contributed by atoms with van der Waals surface area (Å²) in [4.78, 5) is 19.0. The lowest BCUT2D eigenvalue weighted by Crippen LogP contribution is -2.69. The summed E-state index contributed by atoms with van der Waals surface area (Å²) < 4.78 is 29.7. The topological polar surface area (TPSA) is 166 Å². The first kappa shape index (κ1) is 33.3. The summed E-state index contributed by atoms with van der Waals surface area (Å²) in [5.74, 6) is 1.34. The molecule has 7 aliphatic heterocycles. The van der Waals surface area contributed by atoms with Gasteiger partial charge in [0.1, 0.15) is 18.4 Å². The molecular weight excluding hydrogens is 689 g/mol. The van der Waals surface area contributed by atoms with Gasteiger partial charge in [0, 0.05) is 46.6 Å². The highest BCUT2D eigenvalue weighted by atomic mass is 32.2. The number of fused-ring (bicyclic) bond motifs is 9. The largest absolute Gasteiger partial charge is 0.507 e.